The zero-order valence-corrected chi connectivity index (χ0v) is 17.3. The van der Waals surface area contributed by atoms with E-state index in [9.17, 15) is 9.59 Å². The van der Waals surface area contributed by atoms with E-state index >= 15 is 0 Å². The Morgan fingerprint density at radius 2 is 1.37 bits per heavy atom. The van der Waals surface area contributed by atoms with Crippen molar-refractivity contribution < 1.29 is 19.1 Å². The number of aromatic nitrogens is 2. The first kappa shape index (κ1) is 20.4. The minimum atomic E-state index is 0.0711. The van der Waals surface area contributed by atoms with Crippen molar-refractivity contribution in [1.29, 1.82) is 0 Å². The minimum Gasteiger partial charge on any atom is -0.378 e. The maximum absolute atomic E-state index is 11.8. The summed E-state index contributed by atoms with van der Waals surface area (Å²) in [7, 11) is 0. The lowest BCUT2D eigenvalue weighted by Gasteiger charge is -2.36. The maximum atomic E-state index is 11.8. The third kappa shape index (κ3) is 4.20. The smallest absolute Gasteiger partial charge is 0.153 e. The second kappa shape index (κ2) is 8.89. The molecule has 158 valence electrons. The van der Waals surface area contributed by atoms with E-state index in [1.807, 2.05) is 13.8 Å². The van der Waals surface area contributed by atoms with E-state index in [4.69, 9.17) is 9.47 Å². The van der Waals surface area contributed by atoms with Gasteiger partial charge in [0.2, 0.25) is 0 Å². The summed E-state index contributed by atoms with van der Waals surface area (Å²) in [6.07, 6.45) is 5.24. The first-order valence-corrected chi connectivity index (χ1v) is 10.2. The third-order valence-electron chi connectivity index (χ3n) is 5.41. The molecule has 2 saturated heterocycles. The fourth-order valence-corrected chi connectivity index (χ4v) is 4.09. The number of rotatable bonds is 5. The number of aldehydes is 2. The molecule has 2 aromatic heterocycles. The predicted octanol–water partition coefficient (Wildman–Crippen LogP) is 2.22. The van der Waals surface area contributed by atoms with E-state index in [1.165, 1.54) is 0 Å². The normalized spacial score (nSPS) is 22.1. The molecule has 8 nitrogen and oxygen atoms in total. The Morgan fingerprint density at radius 1 is 0.867 bits per heavy atom. The quantitative estimate of drug-likeness (QED) is 0.694. The standard InChI is InChI=1S/C22H26N4O4/c1-15-11-26(12-16(2)30-15)22-20(14-28)8-18(10-24-22)17-7-19(13-27)21(23-9-17)25-3-5-29-6-4-25/h7-10,13-16H,3-6,11-12H2,1-2H3. The van der Waals surface area contributed by atoms with Crippen molar-refractivity contribution in [3.05, 3.63) is 35.7 Å². The van der Waals surface area contributed by atoms with Crippen LogP contribution in [0.15, 0.2) is 24.5 Å². The van der Waals surface area contributed by atoms with Gasteiger partial charge in [-0.3, -0.25) is 9.59 Å². The Morgan fingerprint density at radius 3 is 1.87 bits per heavy atom. The number of carbonyl (C=O) groups is 2. The molecule has 0 saturated carbocycles. The molecule has 0 aromatic carbocycles. The maximum Gasteiger partial charge on any atom is 0.153 e. The van der Waals surface area contributed by atoms with Gasteiger partial charge in [-0.05, 0) is 26.0 Å². The van der Waals surface area contributed by atoms with Crippen LogP contribution in [0.25, 0.3) is 11.1 Å². The SMILES string of the molecule is CC1CN(c2ncc(-c3cnc(N4CCOCC4)c(C=O)c3)cc2C=O)CC(C)O1. The summed E-state index contributed by atoms with van der Waals surface area (Å²) in [6.45, 7) is 8.04. The molecule has 0 bridgehead atoms. The molecule has 4 heterocycles. The van der Waals surface area contributed by atoms with Gasteiger partial charge < -0.3 is 19.3 Å². The van der Waals surface area contributed by atoms with Crippen LogP contribution in [-0.2, 0) is 9.47 Å². The predicted molar refractivity (Wildman–Crippen MR) is 113 cm³/mol. The monoisotopic (exact) mass is 410 g/mol. The molecule has 0 radical (unpaired) electrons. The molecule has 2 aliphatic heterocycles. The van der Waals surface area contributed by atoms with Crippen LogP contribution in [0.4, 0.5) is 11.6 Å². The van der Waals surface area contributed by atoms with Crippen molar-refractivity contribution in [1.82, 2.24) is 9.97 Å². The zero-order valence-electron chi connectivity index (χ0n) is 17.3. The lowest BCUT2D eigenvalue weighted by molar-refractivity contribution is -0.00549. The number of anilines is 2. The Kier molecular flexibility index (Phi) is 6.06. The van der Waals surface area contributed by atoms with Gasteiger partial charge in [0, 0.05) is 49.7 Å². The first-order chi connectivity index (χ1) is 14.6. The van der Waals surface area contributed by atoms with E-state index in [0.29, 0.717) is 62.2 Å². The van der Waals surface area contributed by atoms with E-state index in [-0.39, 0.29) is 12.2 Å². The number of nitrogens with zero attached hydrogens (tertiary/aromatic N) is 4. The van der Waals surface area contributed by atoms with Crippen LogP contribution < -0.4 is 9.80 Å². The van der Waals surface area contributed by atoms with Crippen LogP contribution >= 0.6 is 0 Å². The molecule has 8 heteroatoms. The molecule has 2 aromatic rings. The van der Waals surface area contributed by atoms with Gasteiger partial charge in [0.25, 0.3) is 0 Å². The molecule has 2 atom stereocenters. The van der Waals surface area contributed by atoms with Crippen LogP contribution in [0.1, 0.15) is 34.6 Å². The zero-order chi connectivity index (χ0) is 21.1. The average Bonchev–Trinajstić information content (AvgIpc) is 2.78. The highest BCUT2D eigenvalue weighted by Crippen LogP contribution is 2.28. The van der Waals surface area contributed by atoms with Gasteiger partial charge in [0.15, 0.2) is 12.6 Å². The second-order valence-electron chi connectivity index (χ2n) is 7.77. The number of pyridine rings is 2. The van der Waals surface area contributed by atoms with Gasteiger partial charge in [-0.15, -0.1) is 0 Å². The number of carbonyl (C=O) groups excluding carboxylic acids is 2. The van der Waals surface area contributed by atoms with Gasteiger partial charge in [0.05, 0.1) is 36.5 Å². The topological polar surface area (TPSA) is 84.9 Å². The van der Waals surface area contributed by atoms with Crippen LogP contribution in [0, 0.1) is 0 Å². The number of hydrogen-bond acceptors (Lipinski definition) is 8. The van der Waals surface area contributed by atoms with Gasteiger partial charge >= 0.3 is 0 Å². The summed E-state index contributed by atoms with van der Waals surface area (Å²) in [6, 6.07) is 3.61. The highest BCUT2D eigenvalue weighted by atomic mass is 16.5. The largest absolute Gasteiger partial charge is 0.378 e. The fourth-order valence-electron chi connectivity index (χ4n) is 4.09. The molecular formula is C22H26N4O4. The summed E-state index contributed by atoms with van der Waals surface area (Å²) in [5, 5.41) is 0. The summed E-state index contributed by atoms with van der Waals surface area (Å²) in [4.78, 5) is 36.8. The first-order valence-electron chi connectivity index (χ1n) is 10.2. The molecule has 0 amide bonds. The Labute approximate surface area is 175 Å². The van der Waals surface area contributed by atoms with Crippen molar-refractivity contribution in [2.24, 2.45) is 0 Å². The fraction of sp³-hybridized carbons (Fsp3) is 0.455. The Bertz CT molecular complexity index is 919. The number of ether oxygens (including phenoxy) is 2. The van der Waals surface area contributed by atoms with Crippen LogP contribution in [-0.4, -0.2) is 74.1 Å². The van der Waals surface area contributed by atoms with Crippen molar-refractivity contribution in [2.45, 2.75) is 26.1 Å². The highest BCUT2D eigenvalue weighted by molar-refractivity contribution is 5.88. The van der Waals surface area contributed by atoms with Crippen molar-refractivity contribution in [3.63, 3.8) is 0 Å². The molecule has 2 aliphatic rings. The van der Waals surface area contributed by atoms with Gasteiger partial charge in [-0.2, -0.15) is 0 Å². The molecule has 30 heavy (non-hydrogen) atoms. The molecule has 2 unspecified atom stereocenters. The van der Waals surface area contributed by atoms with Gasteiger partial charge in [-0.1, -0.05) is 0 Å². The lowest BCUT2D eigenvalue weighted by atomic mass is 10.0. The van der Waals surface area contributed by atoms with E-state index in [2.05, 4.69) is 19.8 Å². The minimum absolute atomic E-state index is 0.0711. The molecule has 0 N–H and O–H groups in total. The van der Waals surface area contributed by atoms with Crippen LogP contribution in [0.5, 0.6) is 0 Å². The summed E-state index contributed by atoms with van der Waals surface area (Å²) >= 11 is 0. The highest BCUT2D eigenvalue weighted by Gasteiger charge is 2.25. The molecule has 4 rings (SSSR count). The number of hydrogen-bond donors (Lipinski definition) is 0. The van der Waals surface area contributed by atoms with E-state index in [1.54, 1.807) is 24.5 Å². The van der Waals surface area contributed by atoms with Crippen molar-refractivity contribution >= 4 is 24.2 Å². The summed E-state index contributed by atoms with van der Waals surface area (Å²) in [5.74, 6) is 1.32. The molecule has 0 spiro atoms. The molecule has 0 aliphatic carbocycles. The Hall–Kier alpha value is -2.84. The van der Waals surface area contributed by atoms with Gasteiger partial charge in [-0.25, -0.2) is 9.97 Å². The lowest BCUT2D eigenvalue weighted by Crippen LogP contribution is -2.46. The third-order valence-corrected chi connectivity index (χ3v) is 5.41. The van der Waals surface area contributed by atoms with Crippen LogP contribution in [0.2, 0.25) is 0 Å². The summed E-state index contributed by atoms with van der Waals surface area (Å²) < 4.78 is 11.2. The van der Waals surface area contributed by atoms with E-state index in [0.717, 1.165) is 23.7 Å². The Balaban J connectivity index is 1.64. The van der Waals surface area contributed by atoms with Crippen LogP contribution in [0.3, 0.4) is 0 Å². The van der Waals surface area contributed by atoms with Gasteiger partial charge in [0.1, 0.15) is 11.6 Å². The number of morpholine rings is 2. The average molecular weight is 410 g/mol. The molecule has 2 fully saturated rings. The van der Waals surface area contributed by atoms with E-state index < -0.39 is 0 Å². The van der Waals surface area contributed by atoms with Crippen molar-refractivity contribution in [2.75, 3.05) is 49.2 Å². The molecular weight excluding hydrogens is 384 g/mol. The summed E-state index contributed by atoms with van der Waals surface area (Å²) in [5.41, 5.74) is 2.53. The second-order valence-corrected chi connectivity index (χ2v) is 7.77. The van der Waals surface area contributed by atoms with Crippen molar-refractivity contribution in [3.8, 4) is 11.1 Å².